The average molecular weight is 398 g/mol. The zero-order chi connectivity index (χ0) is 20.3. The molecular weight excluding hydrogens is 376 g/mol. The minimum atomic E-state index is 0.0335. The molecule has 0 saturated carbocycles. The number of rotatable bonds is 4. The molecule has 0 spiro atoms. The van der Waals surface area contributed by atoms with Crippen LogP contribution in [0.3, 0.4) is 0 Å². The van der Waals surface area contributed by atoms with E-state index in [-0.39, 0.29) is 5.91 Å². The molecule has 1 fully saturated rings. The number of carbonyl (C=O) groups excluding carboxylic acids is 1. The molecule has 0 aliphatic carbocycles. The van der Waals surface area contributed by atoms with Gasteiger partial charge in [0.1, 0.15) is 12.1 Å². The summed E-state index contributed by atoms with van der Waals surface area (Å²) in [6.07, 6.45) is 8.71. The fourth-order valence-electron chi connectivity index (χ4n) is 3.89. The van der Waals surface area contributed by atoms with Gasteiger partial charge in [-0.05, 0) is 23.8 Å². The number of amides is 1. The molecule has 1 aliphatic heterocycles. The molecule has 0 radical (unpaired) electrons. The summed E-state index contributed by atoms with van der Waals surface area (Å²) < 4.78 is 1.81. The highest BCUT2D eigenvalue weighted by Gasteiger charge is 2.23. The maximum absolute atomic E-state index is 12.9. The average Bonchev–Trinajstić information content (AvgIpc) is 3.35. The quantitative estimate of drug-likeness (QED) is 0.529. The van der Waals surface area contributed by atoms with E-state index in [9.17, 15) is 4.79 Å². The number of piperazine rings is 1. The van der Waals surface area contributed by atoms with Gasteiger partial charge in [0.2, 0.25) is 0 Å². The van der Waals surface area contributed by atoms with Crippen molar-refractivity contribution in [1.29, 1.82) is 0 Å². The lowest BCUT2D eigenvalue weighted by Gasteiger charge is -2.34. The van der Waals surface area contributed by atoms with Crippen LogP contribution in [-0.2, 0) is 6.54 Å². The number of hydrogen-bond donors (Lipinski definition) is 0. The molecule has 7 nitrogen and oxygen atoms in total. The zero-order valence-electron chi connectivity index (χ0n) is 16.6. The largest absolute Gasteiger partial charge is 0.336 e. The van der Waals surface area contributed by atoms with Crippen molar-refractivity contribution >= 4 is 16.8 Å². The Morgan fingerprint density at radius 1 is 0.933 bits per heavy atom. The second kappa shape index (κ2) is 8.04. The number of carbonyl (C=O) groups is 1. The lowest BCUT2D eigenvalue weighted by atomic mass is 10.1. The van der Waals surface area contributed by atoms with Crippen molar-refractivity contribution in [2.45, 2.75) is 6.54 Å². The molecule has 4 heterocycles. The molecule has 5 rings (SSSR count). The van der Waals surface area contributed by atoms with E-state index in [1.165, 1.54) is 5.56 Å². The van der Waals surface area contributed by atoms with Gasteiger partial charge in [-0.1, -0.05) is 24.3 Å². The molecule has 4 aromatic rings. The van der Waals surface area contributed by atoms with Crippen LogP contribution in [0.2, 0.25) is 0 Å². The number of pyridine rings is 2. The van der Waals surface area contributed by atoms with Crippen LogP contribution in [0.4, 0.5) is 0 Å². The Morgan fingerprint density at radius 2 is 1.80 bits per heavy atom. The molecule has 3 aromatic heterocycles. The van der Waals surface area contributed by atoms with Gasteiger partial charge in [-0.15, -0.1) is 0 Å². The Bertz CT molecular complexity index is 1140. The van der Waals surface area contributed by atoms with Crippen LogP contribution < -0.4 is 0 Å². The Hall–Kier alpha value is -3.58. The summed E-state index contributed by atoms with van der Waals surface area (Å²) in [5.74, 6) is 0.781. The van der Waals surface area contributed by atoms with Crippen molar-refractivity contribution in [3.05, 3.63) is 84.7 Å². The van der Waals surface area contributed by atoms with Gasteiger partial charge in [0.05, 0.1) is 11.1 Å². The van der Waals surface area contributed by atoms with Crippen LogP contribution in [0.25, 0.3) is 16.7 Å². The SMILES string of the molecule is O=C(c1ccc(-n2ccnc2)nc1)N1CCN(Cc2cccc3cccnc23)CC1. The van der Waals surface area contributed by atoms with E-state index < -0.39 is 0 Å². The first kappa shape index (κ1) is 18.4. The molecule has 1 aromatic carbocycles. The van der Waals surface area contributed by atoms with Crippen molar-refractivity contribution in [2.75, 3.05) is 26.2 Å². The third kappa shape index (κ3) is 3.67. The Kier molecular flexibility index (Phi) is 4.94. The van der Waals surface area contributed by atoms with Crippen molar-refractivity contribution in [2.24, 2.45) is 0 Å². The maximum Gasteiger partial charge on any atom is 0.255 e. The third-order valence-electron chi connectivity index (χ3n) is 5.53. The van der Waals surface area contributed by atoms with Gasteiger partial charge in [-0.2, -0.15) is 0 Å². The molecule has 1 amide bonds. The fraction of sp³-hybridized carbons (Fsp3) is 0.217. The zero-order valence-corrected chi connectivity index (χ0v) is 16.6. The van der Waals surface area contributed by atoms with E-state index in [0.29, 0.717) is 18.7 Å². The first-order chi connectivity index (χ1) is 14.8. The predicted molar refractivity (Wildman–Crippen MR) is 114 cm³/mol. The summed E-state index contributed by atoms with van der Waals surface area (Å²) in [7, 11) is 0. The Balaban J connectivity index is 1.22. The van der Waals surface area contributed by atoms with Gasteiger partial charge in [-0.3, -0.25) is 19.2 Å². The number of imidazole rings is 1. The predicted octanol–water partition coefficient (Wildman–Crippen LogP) is 2.77. The molecule has 1 aliphatic rings. The summed E-state index contributed by atoms with van der Waals surface area (Å²) in [4.78, 5) is 30.1. The first-order valence-corrected chi connectivity index (χ1v) is 10.1. The van der Waals surface area contributed by atoms with Gasteiger partial charge in [0.25, 0.3) is 5.91 Å². The van der Waals surface area contributed by atoms with Gasteiger partial charge in [0, 0.05) is 62.9 Å². The van der Waals surface area contributed by atoms with E-state index in [0.717, 1.165) is 36.4 Å². The normalized spacial score (nSPS) is 14.9. The van der Waals surface area contributed by atoms with E-state index in [1.54, 1.807) is 18.7 Å². The van der Waals surface area contributed by atoms with Crippen LogP contribution in [-0.4, -0.2) is 61.4 Å². The first-order valence-electron chi connectivity index (χ1n) is 10.1. The summed E-state index contributed by atoms with van der Waals surface area (Å²) in [5.41, 5.74) is 2.90. The van der Waals surface area contributed by atoms with E-state index in [2.05, 4.69) is 44.1 Å². The summed E-state index contributed by atoms with van der Waals surface area (Å²) in [6, 6.07) is 14.0. The van der Waals surface area contributed by atoms with E-state index in [4.69, 9.17) is 0 Å². The molecule has 30 heavy (non-hydrogen) atoms. The highest BCUT2D eigenvalue weighted by atomic mass is 16.2. The third-order valence-corrected chi connectivity index (χ3v) is 5.53. The van der Waals surface area contributed by atoms with Crippen LogP contribution in [0, 0.1) is 0 Å². The highest BCUT2D eigenvalue weighted by molar-refractivity contribution is 5.94. The van der Waals surface area contributed by atoms with Crippen LogP contribution in [0.15, 0.2) is 73.6 Å². The Morgan fingerprint density at radius 3 is 2.57 bits per heavy atom. The van der Waals surface area contributed by atoms with Crippen LogP contribution in [0.1, 0.15) is 15.9 Å². The monoisotopic (exact) mass is 398 g/mol. The van der Waals surface area contributed by atoms with E-state index >= 15 is 0 Å². The number of benzene rings is 1. The number of fused-ring (bicyclic) bond motifs is 1. The van der Waals surface area contributed by atoms with E-state index in [1.807, 2.05) is 40.1 Å². The summed E-state index contributed by atoms with van der Waals surface area (Å²) in [6.45, 7) is 3.95. The molecule has 7 heteroatoms. The number of para-hydroxylation sites is 1. The van der Waals surface area contributed by atoms with Gasteiger partial charge in [0.15, 0.2) is 0 Å². The molecule has 0 unspecified atom stereocenters. The molecule has 1 saturated heterocycles. The lowest BCUT2D eigenvalue weighted by molar-refractivity contribution is 0.0628. The van der Waals surface area contributed by atoms with Crippen molar-refractivity contribution in [3.8, 4) is 5.82 Å². The topological polar surface area (TPSA) is 67.2 Å². The molecule has 0 N–H and O–H groups in total. The van der Waals surface area contributed by atoms with Crippen molar-refractivity contribution < 1.29 is 4.79 Å². The number of nitrogens with zero attached hydrogens (tertiary/aromatic N) is 6. The molecular formula is C23H22N6O. The minimum absolute atomic E-state index is 0.0335. The minimum Gasteiger partial charge on any atom is -0.336 e. The molecule has 0 atom stereocenters. The van der Waals surface area contributed by atoms with Crippen LogP contribution in [0.5, 0.6) is 0 Å². The number of hydrogen-bond acceptors (Lipinski definition) is 5. The highest BCUT2D eigenvalue weighted by Crippen LogP contribution is 2.19. The second-order valence-electron chi connectivity index (χ2n) is 7.44. The summed E-state index contributed by atoms with van der Waals surface area (Å²) in [5, 5.41) is 1.16. The Labute approximate surface area is 174 Å². The second-order valence-corrected chi connectivity index (χ2v) is 7.44. The number of aromatic nitrogens is 4. The maximum atomic E-state index is 12.9. The fourth-order valence-corrected chi connectivity index (χ4v) is 3.89. The molecule has 0 bridgehead atoms. The lowest BCUT2D eigenvalue weighted by Crippen LogP contribution is -2.48. The van der Waals surface area contributed by atoms with Crippen molar-refractivity contribution in [1.82, 2.24) is 29.3 Å². The van der Waals surface area contributed by atoms with Gasteiger partial charge >= 0.3 is 0 Å². The molecule has 150 valence electrons. The van der Waals surface area contributed by atoms with Crippen molar-refractivity contribution in [3.63, 3.8) is 0 Å². The smallest absolute Gasteiger partial charge is 0.255 e. The standard InChI is InChI=1S/C23H22N6O/c30-23(19-6-7-21(26-15-19)29-10-9-24-17-29)28-13-11-27(12-14-28)16-20-4-1-3-18-5-2-8-25-22(18)20/h1-10,15,17H,11-14,16H2. The van der Waals surface area contributed by atoms with Gasteiger partial charge in [-0.25, -0.2) is 9.97 Å². The van der Waals surface area contributed by atoms with Gasteiger partial charge < -0.3 is 4.90 Å². The summed E-state index contributed by atoms with van der Waals surface area (Å²) >= 11 is 0. The van der Waals surface area contributed by atoms with Crippen LogP contribution >= 0.6 is 0 Å².